The minimum atomic E-state index is -3.06. The number of benzene rings is 1. The van der Waals surface area contributed by atoms with Gasteiger partial charge in [-0.05, 0) is 76.6 Å². The molecule has 3 aliphatic rings. The van der Waals surface area contributed by atoms with E-state index in [0.29, 0.717) is 30.6 Å². The van der Waals surface area contributed by atoms with Gasteiger partial charge in [0.05, 0.1) is 28.9 Å². The molecule has 1 aromatic carbocycles. The van der Waals surface area contributed by atoms with Gasteiger partial charge in [-0.1, -0.05) is 0 Å². The Hall–Kier alpha value is -2.42. The van der Waals surface area contributed by atoms with E-state index in [-0.39, 0.29) is 46.8 Å². The van der Waals surface area contributed by atoms with Gasteiger partial charge in [-0.15, -0.1) is 0 Å². The van der Waals surface area contributed by atoms with E-state index < -0.39 is 21.2 Å². The van der Waals surface area contributed by atoms with Gasteiger partial charge in [-0.3, -0.25) is 10.2 Å². The lowest BCUT2D eigenvalue weighted by atomic mass is 9.82. The average Bonchev–Trinajstić information content (AvgIpc) is 3.50. The number of nitrogens with one attached hydrogen (secondary N) is 3. The summed E-state index contributed by atoms with van der Waals surface area (Å²) >= 11 is 0. The second-order valence-electron chi connectivity index (χ2n) is 10.1. The quantitative estimate of drug-likeness (QED) is 0.499. The fraction of sp³-hybridized carbons (Fsp3) is 0.583. The molecule has 1 saturated carbocycles. The van der Waals surface area contributed by atoms with Crippen LogP contribution < -0.4 is 15.4 Å². The molecule has 33 heavy (non-hydrogen) atoms. The van der Waals surface area contributed by atoms with Crippen LogP contribution in [-0.4, -0.2) is 49.2 Å². The Kier molecular flexibility index (Phi) is 6.28. The number of rotatable bonds is 8. The summed E-state index contributed by atoms with van der Waals surface area (Å²) in [6, 6.07) is 4.60. The summed E-state index contributed by atoms with van der Waals surface area (Å²) in [6.45, 7) is 5.70. The van der Waals surface area contributed by atoms with Crippen LogP contribution in [0.1, 0.15) is 58.4 Å². The Morgan fingerprint density at radius 1 is 1.24 bits per heavy atom. The topological polar surface area (TPSA) is 108 Å². The van der Waals surface area contributed by atoms with Crippen molar-refractivity contribution in [2.24, 2.45) is 5.92 Å². The monoisotopic (exact) mass is 477 g/mol. The summed E-state index contributed by atoms with van der Waals surface area (Å²) in [5.41, 5.74) is 1.05. The van der Waals surface area contributed by atoms with Crippen molar-refractivity contribution in [2.45, 2.75) is 70.6 Å². The zero-order chi connectivity index (χ0) is 24.0. The van der Waals surface area contributed by atoms with E-state index in [1.54, 1.807) is 19.1 Å². The Bertz CT molecular complexity index is 1100. The zero-order valence-electron chi connectivity index (χ0n) is 19.3. The first-order valence-corrected chi connectivity index (χ1v) is 13.3. The Balaban J connectivity index is 1.53. The molecule has 2 aliphatic carbocycles. The fourth-order valence-electron chi connectivity index (χ4n) is 4.65. The smallest absolute Gasteiger partial charge is 0.223 e. The minimum Gasteiger partial charge on any atom is -0.490 e. The van der Waals surface area contributed by atoms with Gasteiger partial charge >= 0.3 is 0 Å². The molecule has 0 radical (unpaired) electrons. The molecular formula is C24H32FN3O4S. The van der Waals surface area contributed by atoms with Crippen LogP contribution in [0, 0.1) is 17.1 Å². The van der Waals surface area contributed by atoms with Crippen molar-refractivity contribution in [2.75, 3.05) is 11.5 Å². The predicted molar refractivity (Wildman–Crippen MR) is 125 cm³/mol. The average molecular weight is 478 g/mol. The number of hydrogen-bond donors (Lipinski definition) is 3. The summed E-state index contributed by atoms with van der Waals surface area (Å²) in [6.07, 6.45) is 3.52. The maximum atomic E-state index is 14.7. The van der Waals surface area contributed by atoms with E-state index in [0.717, 1.165) is 18.5 Å². The normalized spacial score (nSPS) is 23.6. The van der Waals surface area contributed by atoms with Gasteiger partial charge in [0.1, 0.15) is 11.6 Å². The Morgan fingerprint density at radius 3 is 2.55 bits per heavy atom. The third-order valence-corrected chi connectivity index (χ3v) is 8.38. The largest absolute Gasteiger partial charge is 0.490 e. The molecule has 1 heterocycles. The number of allylic oxidation sites excluding steroid dienone is 2. The molecule has 2 fully saturated rings. The molecule has 9 heteroatoms. The maximum Gasteiger partial charge on any atom is 0.223 e. The molecule has 0 spiro atoms. The van der Waals surface area contributed by atoms with Crippen LogP contribution in [0.4, 0.5) is 4.39 Å². The first-order chi connectivity index (χ1) is 15.4. The van der Waals surface area contributed by atoms with Crippen molar-refractivity contribution in [1.29, 1.82) is 5.41 Å². The lowest BCUT2D eigenvalue weighted by Crippen LogP contribution is -2.64. The highest BCUT2D eigenvalue weighted by molar-refractivity contribution is 7.93. The molecule has 1 amide bonds. The van der Waals surface area contributed by atoms with Crippen LogP contribution in [0.15, 0.2) is 29.5 Å². The first kappa shape index (κ1) is 23.7. The van der Waals surface area contributed by atoms with E-state index in [1.165, 1.54) is 6.07 Å². The van der Waals surface area contributed by atoms with Crippen LogP contribution in [-0.2, 0) is 14.6 Å². The highest BCUT2D eigenvalue weighted by Crippen LogP contribution is 2.34. The number of carbonyl (C=O) groups is 1. The zero-order valence-corrected chi connectivity index (χ0v) is 20.1. The molecule has 1 atom stereocenters. The lowest BCUT2D eigenvalue weighted by Gasteiger charge is -2.40. The number of amides is 1. The number of halogens is 1. The van der Waals surface area contributed by atoms with Gasteiger partial charge in [-0.25, -0.2) is 12.8 Å². The van der Waals surface area contributed by atoms with E-state index in [2.05, 4.69) is 10.6 Å². The second-order valence-corrected chi connectivity index (χ2v) is 12.2. The van der Waals surface area contributed by atoms with Crippen molar-refractivity contribution < 1.29 is 22.3 Å². The van der Waals surface area contributed by atoms with Gasteiger partial charge in [0, 0.05) is 23.2 Å². The number of ether oxygens (including phenoxy) is 1. The SMILES string of the molecule is CC(C)NC1=C(C(=N)c2cc(OC3CC3)ccc2F)CC[C@@H](C(=O)NC2(C)CS(=O)(=O)C2)C1. The third-order valence-electron chi connectivity index (χ3n) is 6.23. The first-order valence-electron chi connectivity index (χ1n) is 11.5. The summed E-state index contributed by atoms with van der Waals surface area (Å²) in [7, 11) is -3.06. The predicted octanol–water partition coefficient (Wildman–Crippen LogP) is 3.09. The highest BCUT2D eigenvalue weighted by atomic mass is 32.2. The Labute approximate surface area is 194 Å². The highest BCUT2D eigenvalue weighted by Gasteiger charge is 2.46. The van der Waals surface area contributed by atoms with Crippen molar-refractivity contribution in [3.05, 3.63) is 40.8 Å². The molecule has 1 saturated heterocycles. The van der Waals surface area contributed by atoms with Gasteiger partial charge in [-0.2, -0.15) is 0 Å². The third kappa shape index (κ3) is 5.57. The number of carbonyl (C=O) groups excluding carboxylic acids is 1. The molecule has 1 aliphatic heterocycles. The fourth-order valence-corrected chi connectivity index (χ4v) is 6.65. The van der Waals surface area contributed by atoms with Crippen LogP contribution in [0.3, 0.4) is 0 Å². The van der Waals surface area contributed by atoms with E-state index >= 15 is 0 Å². The van der Waals surface area contributed by atoms with Crippen molar-refractivity contribution >= 4 is 21.5 Å². The molecule has 0 bridgehead atoms. The molecule has 3 N–H and O–H groups in total. The van der Waals surface area contributed by atoms with E-state index in [9.17, 15) is 17.6 Å². The standard InChI is InChI=1S/C24H32FN3O4S/c1-14(2)27-21-10-15(23(29)28-24(3)12-33(30,31)13-24)4-8-18(21)22(26)19-11-17(7-9-20(19)25)32-16-5-6-16/h7,9,11,14-16,26-27H,4-6,8,10,12-13H2,1-3H3,(H,28,29)/t15-/m1/s1. The van der Waals surface area contributed by atoms with Crippen molar-refractivity contribution in [3.8, 4) is 5.75 Å². The van der Waals surface area contributed by atoms with Crippen LogP contribution in [0.5, 0.6) is 5.75 Å². The van der Waals surface area contributed by atoms with E-state index in [1.807, 2.05) is 13.8 Å². The van der Waals surface area contributed by atoms with Gasteiger partial charge in [0.2, 0.25) is 5.91 Å². The van der Waals surface area contributed by atoms with Crippen molar-refractivity contribution in [3.63, 3.8) is 0 Å². The Morgan fingerprint density at radius 2 is 1.94 bits per heavy atom. The molecule has 4 rings (SSSR count). The minimum absolute atomic E-state index is 0.0418. The molecule has 0 aromatic heterocycles. The summed E-state index contributed by atoms with van der Waals surface area (Å²) in [5.74, 6) is -0.503. The summed E-state index contributed by atoms with van der Waals surface area (Å²) in [4.78, 5) is 12.9. The number of hydrogen-bond acceptors (Lipinski definition) is 6. The number of sulfone groups is 1. The maximum absolute atomic E-state index is 14.7. The molecular weight excluding hydrogens is 445 g/mol. The summed E-state index contributed by atoms with van der Waals surface area (Å²) in [5, 5.41) is 15.0. The van der Waals surface area contributed by atoms with Crippen LogP contribution >= 0.6 is 0 Å². The van der Waals surface area contributed by atoms with Gasteiger partial charge < -0.3 is 15.4 Å². The molecule has 1 aromatic rings. The molecule has 7 nitrogen and oxygen atoms in total. The van der Waals surface area contributed by atoms with Gasteiger partial charge in [0.15, 0.2) is 9.84 Å². The van der Waals surface area contributed by atoms with Crippen LogP contribution in [0.25, 0.3) is 0 Å². The van der Waals surface area contributed by atoms with Crippen molar-refractivity contribution in [1.82, 2.24) is 10.6 Å². The summed E-state index contributed by atoms with van der Waals surface area (Å²) < 4.78 is 43.6. The lowest BCUT2D eigenvalue weighted by molar-refractivity contribution is -0.126. The van der Waals surface area contributed by atoms with E-state index in [4.69, 9.17) is 10.1 Å². The molecule has 0 unspecified atom stereocenters. The molecule has 180 valence electrons. The van der Waals surface area contributed by atoms with Crippen LogP contribution in [0.2, 0.25) is 0 Å². The second kappa shape index (κ2) is 8.74. The van der Waals surface area contributed by atoms with Gasteiger partial charge in [0.25, 0.3) is 0 Å².